The van der Waals surface area contributed by atoms with E-state index < -0.39 is 5.97 Å². The van der Waals surface area contributed by atoms with Gasteiger partial charge in [-0.25, -0.2) is 4.79 Å². The van der Waals surface area contributed by atoms with Gasteiger partial charge in [-0.15, -0.1) is 0 Å². The van der Waals surface area contributed by atoms with Gasteiger partial charge < -0.3 is 10.4 Å². The molecule has 0 saturated heterocycles. The van der Waals surface area contributed by atoms with Crippen molar-refractivity contribution in [3.05, 3.63) is 35.9 Å². The molecule has 2 aromatic heterocycles. The molecule has 1 atom stereocenters. The standard InChI is InChI=1S/C14H19N5O3/c1-3-18-8-5-11(17-18)10(2)16-13(20)6-9-19-12(14(21)22)4-7-15-19/h4-5,7-8,10H,3,6,9H2,1-2H3,(H,16,20)(H,21,22). The molecule has 0 aromatic carbocycles. The molecule has 2 rings (SSSR count). The third-order valence-electron chi connectivity index (χ3n) is 3.29. The van der Waals surface area contributed by atoms with E-state index in [4.69, 9.17) is 5.11 Å². The van der Waals surface area contributed by atoms with Crippen LogP contribution in [0.2, 0.25) is 0 Å². The number of carboxylic acid groups (broad SMARTS) is 1. The lowest BCUT2D eigenvalue weighted by Gasteiger charge is -2.12. The summed E-state index contributed by atoms with van der Waals surface area (Å²) in [5.74, 6) is -1.23. The largest absolute Gasteiger partial charge is 0.477 e. The van der Waals surface area contributed by atoms with Crippen molar-refractivity contribution in [1.29, 1.82) is 0 Å². The summed E-state index contributed by atoms with van der Waals surface area (Å²) >= 11 is 0. The monoisotopic (exact) mass is 305 g/mol. The Morgan fingerprint density at radius 1 is 1.41 bits per heavy atom. The van der Waals surface area contributed by atoms with Crippen molar-refractivity contribution in [2.75, 3.05) is 0 Å². The number of aromatic carboxylic acids is 1. The predicted molar refractivity (Wildman–Crippen MR) is 78.3 cm³/mol. The van der Waals surface area contributed by atoms with E-state index in [0.29, 0.717) is 0 Å². The third-order valence-corrected chi connectivity index (χ3v) is 3.29. The summed E-state index contributed by atoms with van der Waals surface area (Å²) in [4.78, 5) is 22.9. The van der Waals surface area contributed by atoms with E-state index in [9.17, 15) is 9.59 Å². The van der Waals surface area contributed by atoms with E-state index in [-0.39, 0.29) is 30.6 Å². The van der Waals surface area contributed by atoms with Gasteiger partial charge in [-0.1, -0.05) is 0 Å². The van der Waals surface area contributed by atoms with Crippen LogP contribution < -0.4 is 5.32 Å². The van der Waals surface area contributed by atoms with Crippen LogP contribution >= 0.6 is 0 Å². The number of hydrogen-bond donors (Lipinski definition) is 2. The van der Waals surface area contributed by atoms with Crippen molar-refractivity contribution in [3.63, 3.8) is 0 Å². The average Bonchev–Trinajstić information content (AvgIpc) is 3.13. The predicted octanol–water partition coefficient (Wildman–Crippen LogP) is 1.07. The number of hydrogen-bond acceptors (Lipinski definition) is 4. The second-order valence-corrected chi connectivity index (χ2v) is 4.88. The van der Waals surface area contributed by atoms with Gasteiger partial charge in [-0.05, 0) is 26.0 Å². The SMILES string of the molecule is CCn1ccc(C(C)NC(=O)CCn2nccc2C(=O)O)n1. The number of nitrogens with zero attached hydrogens (tertiary/aromatic N) is 4. The minimum absolute atomic E-state index is 0.0718. The molecule has 1 amide bonds. The van der Waals surface area contributed by atoms with Crippen LogP contribution in [-0.4, -0.2) is 36.5 Å². The van der Waals surface area contributed by atoms with Gasteiger partial charge in [0.25, 0.3) is 0 Å². The number of carbonyl (C=O) groups is 2. The molecular weight excluding hydrogens is 286 g/mol. The topological polar surface area (TPSA) is 102 Å². The summed E-state index contributed by atoms with van der Waals surface area (Å²) in [7, 11) is 0. The Labute approximate surface area is 127 Å². The molecule has 8 heteroatoms. The van der Waals surface area contributed by atoms with Gasteiger partial charge in [-0.3, -0.25) is 14.2 Å². The van der Waals surface area contributed by atoms with E-state index in [1.165, 1.54) is 16.9 Å². The van der Waals surface area contributed by atoms with Gasteiger partial charge in [0, 0.05) is 25.4 Å². The maximum Gasteiger partial charge on any atom is 0.354 e. The molecule has 0 aliphatic carbocycles. The van der Waals surface area contributed by atoms with Crippen LogP contribution in [0.25, 0.3) is 0 Å². The van der Waals surface area contributed by atoms with Crippen molar-refractivity contribution in [2.24, 2.45) is 0 Å². The highest BCUT2D eigenvalue weighted by atomic mass is 16.4. The van der Waals surface area contributed by atoms with Crippen molar-refractivity contribution < 1.29 is 14.7 Å². The lowest BCUT2D eigenvalue weighted by molar-refractivity contribution is -0.122. The zero-order valence-electron chi connectivity index (χ0n) is 12.6. The minimum Gasteiger partial charge on any atom is -0.477 e. The summed E-state index contributed by atoms with van der Waals surface area (Å²) in [5.41, 5.74) is 0.864. The van der Waals surface area contributed by atoms with Crippen molar-refractivity contribution in [3.8, 4) is 0 Å². The summed E-state index contributed by atoms with van der Waals surface area (Å²) in [5, 5.41) is 20.0. The van der Waals surface area contributed by atoms with Gasteiger partial charge in [0.1, 0.15) is 5.69 Å². The minimum atomic E-state index is -1.06. The number of amides is 1. The Morgan fingerprint density at radius 2 is 2.18 bits per heavy atom. The molecule has 118 valence electrons. The molecule has 2 N–H and O–H groups in total. The van der Waals surface area contributed by atoms with Crippen LogP contribution in [0.3, 0.4) is 0 Å². The van der Waals surface area contributed by atoms with E-state index in [0.717, 1.165) is 12.2 Å². The Balaban J connectivity index is 1.87. The van der Waals surface area contributed by atoms with Gasteiger partial charge in [0.15, 0.2) is 0 Å². The normalized spacial score (nSPS) is 12.1. The quantitative estimate of drug-likeness (QED) is 0.796. The number of nitrogens with one attached hydrogen (secondary N) is 1. The zero-order chi connectivity index (χ0) is 16.1. The molecule has 22 heavy (non-hydrogen) atoms. The molecule has 8 nitrogen and oxygen atoms in total. The van der Waals surface area contributed by atoms with Crippen LogP contribution in [-0.2, 0) is 17.9 Å². The zero-order valence-corrected chi connectivity index (χ0v) is 12.6. The lowest BCUT2D eigenvalue weighted by Crippen LogP contribution is -2.28. The van der Waals surface area contributed by atoms with Gasteiger partial charge in [-0.2, -0.15) is 10.2 Å². The maximum absolute atomic E-state index is 11.9. The lowest BCUT2D eigenvalue weighted by atomic mass is 10.2. The number of carbonyl (C=O) groups excluding carboxylic acids is 1. The summed E-state index contributed by atoms with van der Waals surface area (Å²) < 4.78 is 3.10. The third kappa shape index (κ3) is 3.72. The molecule has 2 aromatic rings. The molecule has 0 aliphatic rings. The number of rotatable bonds is 7. The van der Waals surface area contributed by atoms with Crippen LogP contribution in [0.5, 0.6) is 0 Å². The Morgan fingerprint density at radius 3 is 2.82 bits per heavy atom. The first kappa shape index (κ1) is 15.7. The smallest absolute Gasteiger partial charge is 0.354 e. The molecule has 0 aliphatic heterocycles. The van der Waals surface area contributed by atoms with E-state index in [1.807, 2.05) is 26.1 Å². The molecule has 1 unspecified atom stereocenters. The highest BCUT2D eigenvalue weighted by Crippen LogP contribution is 2.09. The fraction of sp³-hybridized carbons (Fsp3) is 0.429. The van der Waals surface area contributed by atoms with Crippen molar-refractivity contribution in [2.45, 2.75) is 39.4 Å². The molecular formula is C14H19N5O3. The second kappa shape index (κ2) is 6.88. The summed E-state index contributed by atoms with van der Waals surface area (Å²) in [6.07, 6.45) is 3.42. The van der Waals surface area contributed by atoms with Crippen LogP contribution in [0, 0.1) is 0 Å². The van der Waals surface area contributed by atoms with E-state index in [1.54, 1.807) is 4.68 Å². The molecule has 2 heterocycles. The molecule has 0 fully saturated rings. The highest BCUT2D eigenvalue weighted by molar-refractivity contribution is 5.85. The first-order valence-corrected chi connectivity index (χ1v) is 7.09. The van der Waals surface area contributed by atoms with Gasteiger partial charge in [0.2, 0.25) is 5.91 Å². The summed E-state index contributed by atoms with van der Waals surface area (Å²) in [6.45, 7) is 4.84. The first-order chi connectivity index (χ1) is 10.5. The molecule has 0 saturated carbocycles. The number of aryl methyl sites for hydroxylation is 2. The fourth-order valence-electron chi connectivity index (χ4n) is 2.07. The fourth-order valence-corrected chi connectivity index (χ4v) is 2.07. The number of aromatic nitrogens is 4. The van der Waals surface area contributed by atoms with E-state index >= 15 is 0 Å². The van der Waals surface area contributed by atoms with Crippen LogP contribution in [0.4, 0.5) is 0 Å². The Bertz CT molecular complexity index is 661. The number of carboxylic acids is 1. The van der Waals surface area contributed by atoms with Crippen LogP contribution in [0.1, 0.15) is 42.5 Å². The van der Waals surface area contributed by atoms with Crippen molar-refractivity contribution >= 4 is 11.9 Å². The Kier molecular flexibility index (Phi) is 4.92. The maximum atomic E-state index is 11.9. The van der Waals surface area contributed by atoms with E-state index in [2.05, 4.69) is 15.5 Å². The van der Waals surface area contributed by atoms with Gasteiger partial charge in [0.05, 0.1) is 18.3 Å². The van der Waals surface area contributed by atoms with Gasteiger partial charge >= 0.3 is 5.97 Å². The highest BCUT2D eigenvalue weighted by Gasteiger charge is 2.14. The molecule has 0 radical (unpaired) electrons. The second-order valence-electron chi connectivity index (χ2n) is 4.88. The Hall–Kier alpha value is -2.64. The van der Waals surface area contributed by atoms with Crippen molar-refractivity contribution in [1.82, 2.24) is 24.9 Å². The summed E-state index contributed by atoms with van der Waals surface area (Å²) in [6, 6.07) is 3.07. The average molecular weight is 305 g/mol. The molecule has 0 spiro atoms. The molecule has 0 bridgehead atoms. The first-order valence-electron chi connectivity index (χ1n) is 7.09. The van der Waals surface area contributed by atoms with Crippen LogP contribution in [0.15, 0.2) is 24.5 Å².